The van der Waals surface area contributed by atoms with Crippen LogP contribution in [-0.2, 0) is 10.5 Å². The monoisotopic (exact) mass is 391 g/mol. The van der Waals surface area contributed by atoms with Gasteiger partial charge in [0.15, 0.2) is 0 Å². The van der Waals surface area contributed by atoms with Crippen molar-refractivity contribution in [2.24, 2.45) is 0 Å². The highest BCUT2D eigenvalue weighted by Gasteiger charge is 2.13. The molecule has 128 valence electrons. The van der Waals surface area contributed by atoms with E-state index in [9.17, 15) is 4.79 Å². The first kappa shape index (κ1) is 19.3. The maximum atomic E-state index is 11.8. The van der Waals surface area contributed by atoms with E-state index in [4.69, 9.17) is 23.2 Å². The number of carbonyl (C=O) groups excluding carboxylic acids is 1. The van der Waals surface area contributed by atoms with Crippen LogP contribution in [0.3, 0.4) is 0 Å². The first-order chi connectivity index (χ1) is 11.1. The Balaban J connectivity index is 1.54. The first-order valence-corrected chi connectivity index (χ1v) is 11.0. The molecule has 0 aliphatic heterocycles. The lowest BCUT2D eigenvalue weighted by Gasteiger charge is -2.20. The summed E-state index contributed by atoms with van der Waals surface area (Å²) in [6.45, 7) is 0.766. The minimum Gasteiger partial charge on any atom is -0.355 e. The zero-order valence-corrected chi connectivity index (χ0v) is 16.3. The number of halogens is 2. The van der Waals surface area contributed by atoms with Gasteiger partial charge in [-0.05, 0) is 30.5 Å². The molecule has 1 saturated carbocycles. The van der Waals surface area contributed by atoms with E-state index < -0.39 is 0 Å². The van der Waals surface area contributed by atoms with Crippen molar-refractivity contribution in [2.45, 2.75) is 43.1 Å². The highest BCUT2D eigenvalue weighted by molar-refractivity contribution is 8.00. The molecular formula is C17H23Cl2NOS2. The van der Waals surface area contributed by atoms with Gasteiger partial charge in [0.2, 0.25) is 5.91 Å². The van der Waals surface area contributed by atoms with Crippen molar-refractivity contribution in [2.75, 3.05) is 18.1 Å². The average Bonchev–Trinajstić information content (AvgIpc) is 2.55. The van der Waals surface area contributed by atoms with Gasteiger partial charge < -0.3 is 5.32 Å². The zero-order chi connectivity index (χ0) is 16.5. The molecule has 0 bridgehead atoms. The van der Waals surface area contributed by atoms with Crippen LogP contribution in [-0.4, -0.2) is 29.2 Å². The predicted molar refractivity (Wildman–Crippen MR) is 105 cm³/mol. The van der Waals surface area contributed by atoms with Crippen molar-refractivity contribution < 1.29 is 4.79 Å². The van der Waals surface area contributed by atoms with Crippen molar-refractivity contribution in [1.82, 2.24) is 5.32 Å². The van der Waals surface area contributed by atoms with Gasteiger partial charge in [-0.2, -0.15) is 11.8 Å². The van der Waals surface area contributed by atoms with Crippen LogP contribution in [0.2, 0.25) is 10.0 Å². The lowest BCUT2D eigenvalue weighted by Crippen LogP contribution is -2.28. The molecule has 1 fully saturated rings. The van der Waals surface area contributed by atoms with Gasteiger partial charge in [-0.3, -0.25) is 4.79 Å². The number of nitrogens with one attached hydrogen (secondary N) is 1. The van der Waals surface area contributed by atoms with E-state index in [1.165, 1.54) is 32.1 Å². The SMILES string of the molecule is O=C(CSCc1ccc(Cl)cc1Cl)NCCSC1CCCCC1. The summed E-state index contributed by atoms with van der Waals surface area (Å²) < 4.78 is 0. The van der Waals surface area contributed by atoms with Crippen molar-refractivity contribution in [3.05, 3.63) is 33.8 Å². The van der Waals surface area contributed by atoms with Gasteiger partial charge in [0.1, 0.15) is 0 Å². The molecule has 1 amide bonds. The standard InChI is InChI=1S/C17H23Cl2NOS2/c18-14-7-6-13(16(19)10-14)11-22-12-17(21)20-8-9-23-15-4-2-1-3-5-15/h6-7,10,15H,1-5,8-9,11-12H2,(H,20,21). The number of hydrogen-bond donors (Lipinski definition) is 1. The van der Waals surface area contributed by atoms with Gasteiger partial charge in [-0.25, -0.2) is 0 Å². The smallest absolute Gasteiger partial charge is 0.230 e. The second-order valence-electron chi connectivity index (χ2n) is 5.71. The van der Waals surface area contributed by atoms with Crippen LogP contribution >= 0.6 is 46.7 Å². The van der Waals surface area contributed by atoms with Gasteiger partial charge in [0, 0.05) is 33.3 Å². The molecule has 0 unspecified atom stereocenters. The Bertz CT molecular complexity index is 507. The molecule has 2 nitrogen and oxygen atoms in total. The minimum atomic E-state index is 0.101. The van der Waals surface area contributed by atoms with Crippen LogP contribution in [0.25, 0.3) is 0 Å². The normalized spacial score (nSPS) is 15.6. The molecule has 0 heterocycles. The number of rotatable bonds is 8. The Kier molecular flexibility index (Phi) is 9.02. The summed E-state index contributed by atoms with van der Waals surface area (Å²) in [4.78, 5) is 11.8. The molecule has 6 heteroatoms. The summed E-state index contributed by atoms with van der Waals surface area (Å²) in [6, 6.07) is 5.48. The zero-order valence-electron chi connectivity index (χ0n) is 13.2. The predicted octanol–water partition coefficient (Wildman–Crippen LogP) is 5.41. The first-order valence-electron chi connectivity index (χ1n) is 8.05. The minimum absolute atomic E-state index is 0.101. The summed E-state index contributed by atoms with van der Waals surface area (Å²) in [6.07, 6.45) is 6.82. The third-order valence-corrected chi connectivity index (χ3v) is 6.79. The summed E-state index contributed by atoms with van der Waals surface area (Å²) in [5.74, 6) is 2.31. The third kappa shape index (κ3) is 7.59. The van der Waals surface area contributed by atoms with Crippen molar-refractivity contribution >= 4 is 52.6 Å². The summed E-state index contributed by atoms with van der Waals surface area (Å²) >= 11 is 15.6. The molecule has 0 spiro atoms. The highest BCUT2D eigenvalue weighted by Crippen LogP contribution is 2.28. The van der Waals surface area contributed by atoms with E-state index in [1.54, 1.807) is 17.8 Å². The van der Waals surface area contributed by atoms with E-state index in [0.29, 0.717) is 15.8 Å². The molecule has 2 rings (SSSR count). The van der Waals surface area contributed by atoms with Crippen LogP contribution in [0, 0.1) is 0 Å². The maximum absolute atomic E-state index is 11.8. The molecule has 1 N–H and O–H groups in total. The Morgan fingerprint density at radius 1 is 1.22 bits per heavy atom. The fourth-order valence-electron chi connectivity index (χ4n) is 2.59. The molecule has 0 radical (unpaired) electrons. The van der Waals surface area contributed by atoms with E-state index >= 15 is 0 Å². The van der Waals surface area contributed by atoms with Gasteiger partial charge in [0.25, 0.3) is 0 Å². The molecule has 23 heavy (non-hydrogen) atoms. The molecule has 0 saturated heterocycles. The van der Waals surface area contributed by atoms with E-state index in [-0.39, 0.29) is 5.91 Å². The average molecular weight is 392 g/mol. The fraction of sp³-hybridized carbons (Fsp3) is 0.588. The molecule has 1 aliphatic carbocycles. The molecule has 1 aliphatic rings. The molecular weight excluding hydrogens is 369 g/mol. The Morgan fingerprint density at radius 2 is 2.00 bits per heavy atom. The lowest BCUT2D eigenvalue weighted by atomic mass is 10.0. The topological polar surface area (TPSA) is 29.1 Å². The van der Waals surface area contributed by atoms with Crippen LogP contribution in [0.5, 0.6) is 0 Å². The number of hydrogen-bond acceptors (Lipinski definition) is 3. The van der Waals surface area contributed by atoms with Gasteiger partial charge in [0.05, 0.1) is 5.75 Å². The van der Waals surface area contributed by atoms with E-state index in [0.717, 1.165) is 28.9 Å². The number of amides is 1. The number of carbonyl (C=O) groups is 1. The molecule has 1 aromatic rings. The largest absolute Gasteiger partial charge is 0.355 e. The highest BCUT2D eigenvalue weighted by atomic mass is 35.5. The lowest BCUT2D eigenvalue weighted by molar-refractivity contribution is -0.118. The molecule has 0 aromatic heterocycles. The van der Waals surface area contributed by atoms with Gasteiger partial charge in [-0.1, -0.05) is 48.5 Å². The van der Waals surface area contributed by atoms with Crippen LogP contribution < -0.4 is 5.32 Å². The van der Waals surface area contributed by atoms with Gasteiger partial charge in [-0.15, -0.1) is 11.8 Å². The van der Waals surface area contributed by atoms with Crippen molar-refractivity contribution in [3.8, 4) is 0 Å². The van der Waals surface area contributed by atoms with E-state index in [1.807, 2.05) is 23.9 Å². The number of benzene rings is 1. The molecule has 1 aromatic carbocycles. The maximum Gasteiger partial charge on any atom is 0.230 e. The molecule has 0 atom stereocenters. The van der Waals surface area contributed by atoms with Crippen molar-refractivity contribution in [3.63, 3.8) is 0 Å². The summed E-state index contributed by atoms with van der Waals surface area (Å²) in [5.41, 5.74) is 1.02. The van der Waals surface area contributed by atoms with Gasteiger partial charge >= 0.3 is 0 Å². The second-order valence-corrected chi connectivity index (χ2v) is 8.95. The third-order valence-electron chi connectivity index (χ3n) is 3.84. The van der Waals surface area contributed by atoms with Crippen LogP contribution in [0.4, 0.5) is 0 Å². The fourth-order valence-corrected chi connectivity index (χ4v) is 5.23. The summed E-state index contributed by atoms with van der Waals surface area (Å²) in [7, 11) is 0. The summed E-state index contributed by atoms with van der Waals surface area (Å²) in [5, 5.41) is 5.10. The second kappa shape index (κ2) is 10.8. The van der Waals surface area contributed by atoms with E-state index in [2.05, 4.69) is 5.32 Å². The van der Waals surface area contributed by atoms with Crippen LogP contribution in [0.1, 0.15) is 37.7 Å². The Labute approximate surface area is 157 Å². The van der Waals surface area contributed by atoms with Crippen LogP contribution in [0.15, 0.2) is 18.2 Å². The Morgan fingerprint density at radius 3 is 2.74 bits per heavy atom. The Hall–Kier alpha value is -0.0300. The van der Waals surface area contributed by atoms with Crippen molar-refractivity contribution in [1.29, 1.82) is 0 Å². The number of thioether (sulfide) groups is 2. The quantitative estimate of drug-likeness (QED) is 0.600.